The number of aliphatic carboxylic acids is 1. The van der Waals surface area contributed by atoms with E-state index in [0.29, 0.717) is 31.8 Å². The molecule has 0 atom stereocenters. The molecule has 7 nitrogen and oxygen atoms in total. The number of carbonyl (C=O) groups excluding carboxylic acids is 1. The van der Waals surface area contributed by atoms with Gasteiger partial charge in [-0.1, -0.05) is 0 Å². The maximum absolute atomic E-state index is 11.5. The Morgan fingerprint density at radius 1 is 1.35 bits per heavy atom. The molecule has 0 saturated heterocycles. The first-order chi connectivity index (χ1) is 9.61. The number of nitrogens with one attached hydrogen (secondary N) is 2. The number of nitrogens with zero attached hydrogens (tertiary/aromatic N) is 1. The second-order valence-corrected chi connectivity index (χ2v) is 4.17. The molecule has 1 rings (SSSR count). The molecular formula is C13H19N3O4. The molecule has 3 N–H and O–H groups in total. The molecule has 20 heavy (non-hydrogen) atoms. The Balaban J connectivity index is 2.17. The SMILES string of the molecule is COc1cc(CNC(=O)NCCCCC(=O)O)ccn1. The van der Waals surface area contributed by atoms with Gasteiger partial charge in [-0.2, -0.15) is 0 Å². The van der Waals surface area contributed by atoms with Gasteiger partial charge in [0.1, 0.15) is 0 Å². The minimum Gasteiger partial charge on any atom is -0.481 e. The van der Waals surface area contributed by atoms with Crippen LogP contribution in [-0.2, 0) is 11.3 Å². The first kappa shape index (κ1) is 15.7. The quantitative estimate of drug-likeness (QED) is 0.620. The Labute approximate surface area is 117 Å². The standard InChI is InChI=1S/C13H19N3O4/c1-20-11-8-10(5-7-14-11)9-16-13(19)15-6-3-2-4-12(17)18/h5,7-8H,2-4,6,9H2,1H3,(H,17,18)(H2,15,16,19). The van der Waals surface area contributed by atoms with Crippen molar-refractivity contribution in [2.75, 3.05) is 13.7 Å². The van der Waals surface area contributed by atoms with Crippen LogP contribution in [0.15, 0.2) is 18.3 Å². The summed E-state index contributed by atoms with van der Waals surface area (Å²) in [7, 11) is 1.53. The van der Waals surface area contributed by atoms with E-state index in [1.807, 2.05) is 0 Å². The predicted molar refractivity (Wildman–Crippen MR) is 72.5 cm³/mol. The number of carboxylic acids is 1. The number of unbranched alkanes of at least 4 members (excludes halogenated alkanes) is 1. The maximum Gasteiger partial charge on any atom is 0.315 e. The van der Waals surface area contributed by atoms with Gasteiger partial charge in [-0.15, -0.1) is 0 Å². The number of rotatable bonds is 8. The first-order valence-corrected chi connectivity index (χ1v) is 6.34. The molecular weight excluding hydrogens is 262 g/mol. The van der Waals surface area contributed by atoms with Crippen LogP contribution in [0.25, 0.3) is 0 Å². The lowest BCUT2D eigenvalue weighted by Crippen LogP contribution is -2.35. The number of aromatic nitrogens is 1. The van der Waals surface area contributed by atoms with Gasteiger partial charge in [-0.25, -0.2) is 9.78 Å². The van der Waals surface area contributed by atoms with Crippen LogP contribution >= 0.6 is 0 Å². The van der Waals surface area contributed by atoms with E-state index in [1.54, 1.807) is 18.3 Å². The normalized spacial score (nSPS) is 9.85. The smallest absolute Gasteiger partial charge is 0.315 e. The van der Waals surface area contributed by atoms with Crippen molar-refractivity contribution in [2.24, 2.45) is 0 Å². The van der Waals surface area contributed by atoms with E-state index >= 15 is 0 Å². The summed E-state index contributed by atoms with van der Waals surface area (Å²) in [5.41, 5.74) is 0.887. The van der Waals surface area contributed by atoms with Gasteiger partial charge in [-0.05, 0) is 24.5 Å². The highest BCUT2D eigenvalue weighted by atomic mass is 16.5. The molecule has 0 radical (unpaired) electrons. The molecule has 2 amide bonds. The van der Waals surface area contributed by atoms with Crippen molar-refractivity contribution in [3.63, 3.8) is 0 Å². The molecule has 0 saturated carbocycles. The van der Waals surface area contributed by atoms with Gasteiger partial charge in [0.25, 0.3) is 0 Å². The van der Waals surface area contributed by atoms with Crippen LogP contribution in [0.5, 0.6) is 5.88 Å². The molecule has 0 bridgehead atoms. The van der Waals surface area contributed by atoms with Crippen molar-refractivity contribution in [2.45, 2.75) is 25.8 Å². The monoisotopic (exact) mass is 281 g/mol. The van der Waals surface area contributed by atoms with Gasteiger partial charge in [0.05, 0.1) is 7.11 Å². The van der Waals surface area contributed by atoms with Crippen LogP contribution in [0, 0.1) is 0 Å². The fourth-order valence-electron chi connectivity index (χ4n) is 1.52. The highest BCUT2D eigenvalue weighted by molar-refractivity contribution is 5.73. The average molecular weight is 281 g/mol. The lowest BCUT2D eigenvalue weighted by Gasteiger charge is -2.08. The number of amides is 2. The molecule has 0 aliphatic heterocycles. The minimum absolute atomic E-state index is 0.125. The molecule has 7 heteroatoms. The molecule has 0 aromatic carbocycles. The lowest BCUT2D eigenvalue weighted by atomic mass is 10.2. The summed E-state index contributed by atoms with van der Waals surface area (Å²) < 4.78 is 4.99. The summed E-state index contributed by atoms with van der Waals surface area (Å²) in [5, 5.41) is 13.8. The predicted octanol–water partition coefficient (Wildman–Crippen LogP) is 1.14. The Morgan fingerprint density at radius 2 is 2.15 bits per heavy atom. The van der Waals surface area contributed by atoms with Crippen LogP contribution in [0.2, 0.25) is 0 Å². The highest BCUT2D eigenvalue weighted by Crippen LogP contribution is 2.07. The summed E-state index contributed by atoms with van der Waals surface area (Å²) in [6, 6.07) is 3.25. The van der Waals surface area contributed by atoms with Crippen LogP contribution < -0.4 is 15.4 Å². The summed E-state index contributed by atoms with van der Waals surface area (Å²) in [6.45, 7) is 0.832. The summed E-state index contributed by atoms with van der Waals surface area (Å²) >= 11 is 0. The van der Waals surface area contributed by atoms with E-state index in [0.717, 1.165) is 5.56 Å². The number of pyridine rings is 1. The number of carboxylic acid groups (broad SMARTS) is 1. The fourth-order valence-corrected chi connectivity index (χ4v) is 1.52. The van der Waals surface area contributed by atoms with Gasteiger partial charge < -0.3 is 20.5 Å². The molecule has 0 unspecified atom stereocenters. The summed E-state index contributed by atoms with van der Waals surface area (Å²) in [6.07, 6.45) is 2.93. The molecule has 0 fully saturated rings. The van der Waals surface area contributed by atoms with Crippen molar-refractivity contribution in [1.29, 1.82) is 0 Å². The Kier molecular flexibility index (Phi) is 6.88. The van der Waals surface area contributed by atoms with Crippen molar-refractivity contribution < 1.29 is 19.4 Å². The zero-order valence-electron chi connectivity index (χ0n) is 11.4. The second-order valence-electron chi connectivity index (χ2n) is 4.17. The number of methoxy groups -OCH3 is 1. The topological polar surface area (TPSA) is 101 Å². The number of ether oxygens (including phenoxy) is 1. The van der Waals surface area contributed by atoms with E-state index in [9.17, 15) is 9.59 Å². The third kappa shape index (κ3) is 6.58. The van der Waals surface area contributed by atoms with Gasteiger partial charge in [0.2, 0.25) is 5.88 Å². The van der Waals surface area contributed by atoms with Crippen molar-refractivity contribution in [1.82, 2.24) is 15.6 Å². The number of carbonyl (C=O) groups is 2. The van der Waals surface area contributed by atoms with E-state index in [2.05, 4.69) is 15.6 Å². The van der Waals surface area contributed by atoms with E-state index in [-0.39, 0.29) is 12.5 Å². The molecule has 1 heterocycles. The zero-order chi connectivity index (χ0) is 14.8. The molecule has 1 aromatic rings. The largest absolute Gasteiger partial charge is 0.481 e. The first-order valence-electron chi connectivity index (χ1n) is 6.34. The Hall–Kier alpha value is -2.31. The van der Waals surface area contributed by atoms with Gasteiger partial charge in [0, 0.05) is 31.8 Å². The summed E-state index contributed by atoms with van der Waals surface area (Å²) in [5.74, 6) is -0.320. The maximum atomic E-state index is 11.5. The van der Waals surface area contributed by atoms with E-state index in [4.69, 9.17) is 9.84 Å². The lowest BCUT2D eigenvalue weighted by molar-refractivity contribution is -0.137. The zero-order valence-corrected chi connectivity index (χ0v) is 11.4. The molecule has 0 aliphatic carbocycles. The van der Waals surface area contributed by atoms with Crippen molar-refractivity contribution >= 4 is 12.0 Å². The highest BCUT2D eigenvalue weighted by Gasteiger charge is 2.02. The average Bonchev–Trinajstić information content (AvgIpc) is 2.44. The van der Waals surface area contributed by atoms with Gasteiger partial charge in [-0.3, -0.25) is 4.79 Å². The number of hydrogen-bond acceptors (Lipinski definition) is 4. The Morgan fingerprint density at radius 3 is 2.85 bits per heavy atom. The number of hydrogen-bond donors (Lipinski definition) is 3. The van der Waals surface area contributed by atoms with Crippen LogP contribution in [0.1, 0.15) is 24.8 Å². The third-order valence-electron chi connectivity index (χ3n) is 2.56. The Bertz CT molecular complexity index is 451. The van der Waals surface area contributed by atoms with Crippen molar-refractivity contribution in [3.8, 4) is 5.88 Å². The van der Waals surface area contributed by atoms with Gasteiger partial charge in [0.15, 0.2) is 0 Å². The fraction of sp³-hybridized carbons (Fsp3) is 0.462. The van der Waals surface area contributed by atoms with E-state index in [1.165, 1.54) is 7.11 Å². The van der Waals surface area contributed by atoms with Crippen LogP contribution in [0.4, 0.5) is 4.79 Å². The molecule has 1 aromatic heterocycles. The van der Waals surface area contributed by atoms with Crippen LogP contribution in [-0.4, -0.2) is 35.7 Å². The number of urea groups is 1. The molecule has 0 aliphatic rings. The molecule has 0 spiro atoms. The third-order valence-corrected chi connectivity index (χ3v) is 2.56. The summed E-state index contributed by atoms with van der Waals surface area (Å²) in [4.78, 5) is 25.7. The minimum atomic E-state index is -0.818. The van der Waals surface area contributed by atoms with E-state index < -0.39 is 5.97 Å². The van der Waals surface area contributed by atoms with Crippen LogP contribution in [0.3, 0.4) is 0 Å². The molecule has 110 valence electrons. The van der Waals surface area contributed by atoms with Gasteiger partial charge >= 0.3 is 12.0 Å². The van der Waals surface area contributed by atoms with Crippen molar-refractivity contribution in [3.05, 3.63) is 23.9 Å². The second kappa shape index (κ2) is 8.73.